The molecule has 0 radical (unpaired) electrons. The number of unbranched alkanes of at least 4 members (excludes halogenated alkanes) is 1. The highest BCUT2D eigenvalue weighted by Gasteiger charge is 2.27. The van der Waals surface area contributed by atoms with Gasteiger partial charge in [0.05, 0.1) is 5.75 Å². The van der Waals surface area contributed by atoms with Gasteiger partial charge in [-0.25, -0.2) is 0 Å². The molecule has 2 aliphatic rings. The number of rotatable bonds is 6. The Hall–Kier alpha value is -0.930. The van der Waals surface area contributed by atoms with Gasteiger partial charge >= 0.3 is 0 Å². The van der Waals surface area contributed by atoms with E-state index in [1.807, 2.05) is 0 Å². The normalized spacial score (nSPS) is 25.9. The first-order chi connectivity index (χ1) is 12.4. The zero-order chi connectivity index (χ0) is 19.1. The van der Waals surface area contributed by atoms with E-state index in [4.69, 9.17) is 24.4 Å². The molecular formula is C17H28N4O2S3. The summed E-state index contributed by atoms with van der Waals surface area (Å²) in [6.07, 6.45) is 5.41. The standard InChI is InChI=1S/C17H28N4O2S3/c1-11-6-5-7-13(12(11)2)18-16(24)20-19-14(22)8-3-4-9-21-15(23)10-26-17(21)25/h11-13H,3-10H2,1-2H3,(H,19,22)(H2,18,20,24)/t11-,12-,13-/m1/s1. The second-order valence-electron chi connectivity index (χ2n) is 7.08. The molecule has 0 aromatic heterocycles. The first kappa shape index (κ1) is 21.4. The fourth-order valence-electron chi connectivity index (χ4n) is 3.33. The molecule has 6 nitrogen and oxygen atoms in total. The number of thioether (sulfide) groups is 1. The maximum Gasteiger partial charge on any atom is 0.238 e. The van der Waals surface area contributed by atoms with E-state index in [0.29, 0.717) is 52.4 Å². The number of amides is 2. The Labute approximate surface area is 170 Å². The SMILES string of the molecule is C[C@@H]1[C@H](C)CCC[C@H]1NC(=S)NNC(=O)CCCCN1C(=O)CSC1=S. The van der Waals surface area contributed by atoms with E-state index in [9.17, 15) is 9.59 Å². The van der Waals surface area contributed by atoms with Gasteiger partial charge in [-0.1, -0.05) is 50.7 Å². The van der Waals surface area contributed by atoms with Crippen LogP contribution in [0.15, 0.2) is 0 Å². The fourth-order valence-corrected chi connectivity index (χ4v) is 4.66. The van der Waals surface area contributed by atoms with Gasteiger partial charge in [-0.05, 0) is 43.3 Å². The largest absolute Gasteiger partial charge is 0.358 e. The predicted octanol–water partition coefficient (Wildman–Crippen LogP) is 2.34. The van der Waals surface area contributed by atoms with E-state index < -0.39 is 0 Å². The van der Waals surface area contributed by atoms with Gasteiger partial charge in [-0.15, -0.1) is 0 Å². The molecule has 2 rings (SSSR count). The van der Waals surface area contributed by atoms with Crippen molar-refractivity contribution < 1.29 is 9.59 Å². The minimum atomic E-state index is -0.107. The summed E-state index contributed by atoms with van der Waals surface area (Å²) in [5.74, 6) is 1.65. The van der Waals surface area contributed by atoms with Crippen molar-refractivity contribution in [2.24, 2.45) is 11.8 Å². The van der Waals surface area contributed by atoms with E-state index >= 15 is 0 Å². The van der Waals surface area contributed by atoms with E-state index in [0.717, 1.165) is 12.8 Å². The van der Waals surface area contributed by atoms with Crippen molar-refractivity contribution >= 4 is 57.4 Å². The second kappa shape index (κ2) is 10.4. The highest BCUT2D eigenvalue weighted by Crippen LogP contribution is 2.29. The van der Waals surface area contributed by atoms with Crippen LogP contribution in [0.3, 0.4) is 0 Å². The highest BCUT2D eigenvalue weighted by atomic mass is 32.2. The zero-order valence-electron chi connectivity index (χ0n) is 15.4. The molecule has 1 aliphatic carbocycles. The molecule has 2 fully saturated rings. The topological polar surface area (TPSA) is 73.5 Å². The molecule has 146 valence electrons. The van der Waals surface area contributed by atoms with Crippen molar-refractivity contribution in [1.82, 2.24) is 21.1 Å². The molecule has 3 N–H and O–H groups in total. The van der Waals surface area contributed by atoms with Crippen LogP contribution >= 0.6 is 36.2 Å². The molecule has 26 heavy (non-hydrogen) atoms. The summed E-state index contributed by atoms with van der Waals surface area (Å²) in [7, 11) is 0. The molecule has 1 heterocycles. The van der Waals surface area contributed by atoms with Gasteiger partial charge < -0.3 is 5.32 Å². The quantitative estimate of drug-likeness (QED) is 0.349. The summed E-state index contributed by atoms with van der Waals surface area (Å²) in [4.78, 5) is 25.1. The van der Waals surface area contributed by atoms with Crippen LogP contribution in [-0.2, 0) is 9.59 Å². The molecule has 0 unspecified atom stereocenters. The van der Waals surface area contributed by atoms with Crippen LogP contribution in [0.1, 0.15) is 52.4 Å². The first-order valence-electron chi connectivity index (χ1n) is 9.21. The van der Waals surface area contributed by atoms with Crippen LogP contribution in [0.5, 0.6) is 0 Å². The van der Waals surface area contributed by atoms with E-state index in [1.165, 1.54) is 24.6 Å². The lowest BCUT2D eigenvalue weighted by Gasteiger charge is -2.35. The monoisotopic (exact) mass is 416 g/mol. The third-order valence-electron chi connectivity index (χ3n) is 5.21. The lowest BCUT2D eigenvalue weighted by Crippen LogP contribution is -2.52. The summed E-state index contributed by atoms with van der Waals surface area (Å²) in [6, 6.07) is 0.357. The van der Waals surface area contributed by atoms with Gasteiger partial charge in [-0.3, -0.25) is 25.3 Å². The summed E-state index contributed by atoms with van der Waals surface area (Å²) >= 11 is 11.8. The lowest BCUT2D eigenvalue weighted by molar-refractivity contribution is -0.124. The maximum absolute atomic E-state index is 11.9. The third-order valence-corrected chi connectivity index (χ3v) is 6.87. The van der Waals surface area contributed by atoms with Crippen molar-refractivity contribution in [3.63, 3.8) is 0 Å². The first-order valence-corrected chi connectivity index (χ1v) is 11.0. The summed E-state index contributed by atoms with van der Waals surface area (Å²) < 4.78 is 0.642. The fraction of sp³-hybridized carbons (Fsp3) is 0.765. The molecule has 0 bridgehead atoms. The Morgan fingerprint density at radius 2 is 2.04 bits per heavy atom. The number of nitrogens with one attached hydrogen (secondary N) is 3. The van der Waals surface area contributed by atoms with Crippen LogP contribution in [0.2, 0.25) is 0 Å². The Morgan fingerprint density at radius 1 is 1.27 bits per heavy atom. The molecule has 2 amide bonds. The smallest absolute Gasteiger partial charge is 0.238 e. The summed E-state index contributed by atoms with van der Waals surface area (Å²) in [5.41, 5.74) is 5.43. The van der Waals surface area contributed by atoms with Crippen molar-refractivity contribution in [1.29, 1.82) is 0 Å². The van der Waals surface area contributed by atoms with Gasteiger partial charge in [0.15, 0.2) is 5.11 Å². The molecule has 1 aliphatic heterocycles. The Bertz CT molecular complexity index is 542. The van der Waals surface area contributed by atoms with Crippen molar-refractivity contribution in [3.8, 4) is 0 Å². The second-order valence-corrected chi connectivity index (χ2v) is 9.09. The molecule has 0 aromatic carbocycles. The third kappa shape index (κ3) is 6.35. The molecule has 9 heteroatoms. The zero-order valence-corrected chi connectivity index (χ0v) is 17.8. The average molecular weight is 417 g/mol. The summed E-state index contributed by atoms with van der Waals surface area (Å²) in [6.45, 7) is 5.11. The number of hydrogen-bond acceptors (Lipinski definition) is 5. The van der Waals surface area contributed by atoms with Gasteiger partial charge in [-0.2, -0.15) is 0 Å². The van der Waals surface area contributed by atoms with E-state index in [-0.39, 0.29) is 11.8 Å². The maximum atomic E-state index is 11.9. The number of hydrogen-bond donors (Lipinski definition) is 3. The number of nitrogens with zero attached hydrogens (tertiary/aromatic N) is 1. The van der Waals surface area contributed by atoms with Gasteiger partial charge in [0.2, 0.25) is 11.8 Å². The van der Waals surface area contributed by atoms with Gasteiger partial charge in [0.25, 0.3) is 0 Å². The molecule has 3 atom stereocenters. The van der Waals surface area contributed by atoms with Crippen molar-refractivity contribution in [3.05, 3.63) is 0 Å². The van der Waals surface area contributed by atoms with E-state index in [1.54, 1.807) is 4.90 Å². The lowest BCUT2D eigenvalue weighted by atomic mass is 9.78. The number of carbonyl (C=O) groups is 2. The molecule has 1 saturated carbocycles. The van der Waals surface area contributed by atoms with E-state index in [2.05, 4.69) is 30.0 Å². The number of hydrazine groups is 1. The highest BCUT2D eigenvalue weighted by molar-refractivity contribution is 8.23. The number of thiocarbonyl (C=S) groups is 2. The van der Waals surface area contributed by atoms with Crippen LogP contribution in [-0.4, -0.2) is 44.5 Å². The van der Waals surface area contributed by atoms with Crippen LogP contribution in [0, 0.1) is 11.8 Å². The van der Waals surface area contributed by atoms with Gasteiger partial charge in [0.1, 0.15) is 4.32 Å². The van der Waals surface area contributed by atoms with Crippen molar-refractivity contribution in [2.45, 2.75) is 58.4 Å². The predicted molar refractivity (Wildman–Crippen MR) is 114 cm³/mol. The van der Waals surface area contributed by atoms with Crippen LogP contribution in [0.4, 0.5) is 0 Å². The Balaban J connectivity index is 1.57. The summed E-state index contributed by atoms with van der Waals surface area (Å²) in [5, 5.41) is 3.78. The number of carbonyl (C=O) groups excluding carboxylic acids is 2. The minimum absolute atomic E-state index is 0.0637. The molecular weight excluding hydrogens is 388 g/mol. The average Bonchev–Trinajstić information content (AvgIpc) is 2.92. The molecule has 1 saturated heterocycles. The van der Waals surface area contributed by atoms with Crippen molar-refractivity contribution in [2.75, 3.05) is 12.3 Å². The Morgan fingerprint density at radius 3 is 2.73 bits per heavy atom. The molecule has 0 spiro atoms. The van der Waals surface area contributed by atoms with Crippen LogP contribution in [0.25, 0.3) is 0 Å². The Kier molecular flexibility index (Phi) is 8.56. The molecule has 0 aromatic rings. The minimum Gasteiger partial charge on any atom is -0.358 e. The van der Waals surface area contributed by atoms with Crippen LogP contribution < -0.4 is 16.2 Å². The van der Waals surface area contributed by atoms with Gasteiger partial charge in [0, 0.05) is 19.0 Å².